The van der Waals surface area contributed by atoms with E-state index in [0.29, 0.717) is 6.67 Å². The van der Waals surface area contributed by atoms with Gasteiger partial charge >= 0.3 is 6.09 Å². The number of carbonyl (C=O) groups is 1. The average Bonchev–Trinajstić information content (AvgIpc) is 2.27. The van der Waals surface area contributed by atoms with Crippen molar-refractivity contribution in [1.82, 2.24) is 4.90 Å². The third-order valence-corrected chi connectivity index (χ3v) is 2.03. The predicted octanol–water partition coefficient (Wildman–Crippen LogP) is 0.0837. The number of rotatable bonds is 0. The van der Waals surface area contributed by atoms with Crippen LogP contribution in [0.15, 0.2) is 29.3 Å². The van der Waals surface area contributed by atoms with Crippen LogP contribution in [-0.2, 0) is 4.74 Å². The van der Waals surface area contributed by atoms with Gasteiger partial charge in [0.25, 0.3) is 0 Å². The maximum Gasteiger partial charge on any atom is 0.415 e. The summed E-state index contributed by atoms with van der Waals surface area (Å²) in [5.41, 5.74) is 0. The van der Waals surface area contributed by atoms with Gasteiger partial charge in [-0.15, -0.1) is 0 Å². The zero-order valence-corrected chi connectivity index (χ0v) is 7.80. The maximum atomic E-state index is 11.2. The van der Waals surface area contributed by atoms with E-state index in [4.69, 9.17) is 0 Å². The van der Waals surface area contributed by atoms with Crippen molar-refractivity contribution in [3.05, 3.63) is 34.8 Å². The van der Waals surface area contributed by atoms with Crippen LogP contribution in [0.3, 0.4) is 0 Å². The lowest BCUT2D eigenvalue weighted by molar-refractivity contribution is 0.145. The van der Waals surface area contributed by atoms with Crippen LogP contribution in [-0.4, -0.2) is 24.8 Å². The summed E-state index contributed by atoms with van der Waals surface area (Å²) in [5.74, 6) is 0. The van der Waals surface area contributed by atoms with Crippen molar-refractivity contribution < 1.29 is 9.53 Å². The van der Waals surface area contributed by atoms with E-state index in [1.165, 1.54) is 12.0 Å². The Morgan fingerprint density at radius 2 is 2.29 bits per heavy atom. The van der Waals surface area contributed by atoms with Crippen LogP contribution in [0.2, 0.25) is 0 Å². The Morgan fingerprint density at radius 3 is 3.07 bits per heavy atom. The molecule has 0 N–H and O–H groups in total. The van der Waals surface area contributed by atoms with Crippen LogP contribution in [0, 0.1) is 0 Å². The van der Waals surface area contributed by atoms with Crippen LogP contribution < -0.4 is 10.6 Å². The zero-order chi connectivity index (χ0) is 9.97. The summed E-state index contributed by atoms with van der Waals surface area (Å²) in [6, 6.07) is 7.66. The van der Waals surface area contributed by atoms with Crippen molar-refractivity contribution in [2.75, 3.05) is 13.8 Å². The van der Waals surface area contributed by atoms with E-state index in [1.54, 1.807) is 6.20 Å². The first-order valence-corrected chi connectivity index (χ1v) is 4.27. The van der Waals surface area contributed by atoms with Gasteiger partial charge in [-0.3, -0.25) is 9.89 Å². The molecule has 1 heterocycles. The maximum absolute atomic E-state index is 11.2. The molecule has 0 radical (unpaired) electrons. The van der Waals surface area contributed by atoms with E-state index in [-0.39, 0.29) is 6.09 Å². The van der Waals surface area contributed by atoms with Crippen LogP contribution in [0.5, 0.6) is 0 Å². The van der Waals surface area contributed by atoms with Gasteiger partial charge in [-0.1, -0.05) is 18.2 Å². The molecule has 0 saturated heterocycles. The van der Waals surface area contributed by atoms with Crippen molar-refractivity contribution in [2.45, 2.75) is 0 Å². The minimum Gasteiger partial charge on any atom is -0.452 e. The average molecular weight is 190 g/mol. The molecule has 0 aliphatic carbocycles. The number of hydrogen-bond donors (Lipinski definition) is 0. The van der Waals surface area contributed by atoms with Gasteiger partial charge in [0.2, 0.25) is 0 Å². The molecule has 0 bridgehead atoms. The van der Waals surface area contributed by atoms with Crippen molar-refractivity contribution in [3.8, 4) is 0 Å². The Balaban J connectivity index is 2.43. The second kappa shape index (κ2) is 3.49. The number of para-hydroxylation sites is 1. The largest absolute Gasteiger partial charge is 0.452 e. The lowest BCUT2D eigenvalue weighted by Gasteiger charge is -2.16. The van der Waals surface area contributed by atoms with Gasteiger partial charge in [-0.05, 0) is 6.07 Å². The Kier molecular flexibility index (Phi) is 2.18. The van der Waals surface area contributed by atoms with Crippen LogP contribution in [0.1, 0.15) is 0 Å². The fourth-order valence-electron chi connectivity index (χ4n) is 1.33. The number of methoxy groups -OCH3 is 1. The highest BCUT2D eigenvalue weighted by Gasteiger charge is 2.11. The van der Waals surface area contributed by atoms with Gasteiger partial charge in [0, 0.05) is 11.4 Å². The monoisotopic (exact) mass is 190 g/mol. The first-order chi connectivity index (χ1) is 6.81. The topological polar surface area (TPSA) is 41.9 Å². The normalized spacial score (nSPS) is 13.6. The molecular weight excluding hydrogens is 180 g/mol. The summed E-state index contributed by atoms with van der Waals surface area (Å²) in [6.45, 7) is 0.323. The number of carbonyl (C=O) groups excluding carboxylic acids is 1. The second-order valence-corrected chi connectivity index (χ2v) is 2.93. The third-order valence-electron chi connectivity index (χ3n) is 2.03. The first-order valence-electron chi connectivity index (χ1n) is 4.27. The molecule has 4 heteroatoms. The number of amides is 1. The molecule has 0 spiro atoms. The van der Waals surface area contributed by atoms with Gasteiger partial charge in [0.05, 0.1) is 12.5 Å². The lowest BCUT2D eigenvalue weighted by atomic mass is 10.3. The molecule has 0 fully saturated rings. The molecule has 0 unspecified atom stereocenters. The minimum atomic E-state index is -0.386. The Bertz CT molecular complexity index is 467. The molecule has 1 aliphatic rings. The van der Waals surface area contributed by atoms with Gasteiger partial charge in [-0.2, -0.15) is 0 Å². The van der Waals surface area contributed by atoms with E-state index in [1.807, 2.05) is 24.3 Å². The Morgan fingerprint density at radius 1 is 1.50 bits per heavy atom. The molecule has 0 saturated carbocycles. The molecule has 72 valence electrons. The molecule has 14 heavy (non-hydrogen) atoms. The molecule has 4 nitrogen and oxygen atoms in total. The summed E-state index contributed by atoms with van der Waals surface area (Å²) in [6.07, 6.45) is 1.36. The molecule has 1 aliphatic heterocycles. The number of hydrogen-bond acceptors (Lipinski definition) is 3. The summed E-state index contributed by atoms with van der Waals surface area (Å²) < 4.78 is 4.60. The highest BCUT2D eigenvalue weighted by molar-refractivity contribution is 5.72. The van der Waals surface area contributed by atoms with E-state index in [0.717, 1.165) is 10.6 Å². The molecular formula is C10H10N2O2. The van der Waals surface area contributed by atoms with Crippen LogP contribution in [0.25, 0.3) is 6.20 Å². The van der Waals surface area contributed by atoms with Gasteiger partial charge in [-0.25, -0.2) is 4.79 Å². The summed E-state index contributed by atoms with van der Waals surface area (Å²) in [7, 11) is 1.36. The quantitative estimate of drug-likeness (QED) is 0.581. The highest BCUT2D eigenvalue weighted by atomic mass is 16.5. The molecule has 0 atom stereocenters. The number of nitrogens with zero attached hydrogens (tertiary/aromatic N) is 2. The molecule has 2 rings (SSSR count). The van der Waals surface area contributed by atoms with Crippen LogP contribution >= 0.6 is 0 Å². The minimum absolute atomic E-state index is 0.323. The second-order valence-electron chi connectivity index (χ2n) is 2.93. The fourth-order valence-corrected chi connectivity index (χ4v) is 1.33. The summed E-state index contributed by atoms with van der Waals surface area (Å²) in [4.78, 5) is 16.9. The number of benzene rings is 1. The van der Waals surface area contributed by atoms with Crippen LogP contribution in [0.4, 0.5) is 4.79 Å². The van der Waals surface area contributed by atoms with Crippen molar-refractivity contribution in [2.24, 2.45) is 4.99 Å². The fraction of sp³-hybridized carbons (Fsp3) is 0.200. The zero-order valence-electron chi connectivity index (χ0n) is 7.80. The smallest absolute Gasteiger partial charge is 0.415 e. The van der Waals surface area contributed by atoms with E-state index >= 15 is 0 Å². The lowest BCUT2D eigenvalue weighted by Crippen LogP contribution is -2.38. The van der Waals surface area contributed by atoms with E-state index in [2.05, 4.69) is 9.73 Å². The van der Waals surface area contributed by atoms with Crippen molar-refractivity contribution in [3.63, 3.8) is 0 Å². The number of ether oxygens (including phenoxy) is 1. The highest BCUT2D eigenvalue weighted by Crippen LogP contribution is 1.95. The third kappa shape index (κ3) is 1.46. The Labute approximate surface area is 81.1 Å². The van der Waals surface area contributed by atoms with Gasteiger partial charge in [0.15, 0.2) is 0 Å². The molecule has 0 aromatic heterocycles. The van der Waals surface area contributed by atoms with Crippen molar-refractivity contribution >= 4 is 12.3 Å². The van der Waals surface area contributed by atoms with E-state index in [9.17, 15) is 4.79 Å². The molecule has 1 aromatic rings. The van der Waals surface area contributed by atoms with E-state index < -0.39 is 0 Å². The molecule has 1 amide bonds. The van der Waals surface area contributed by atoms with Gasteiger partial charge < -0.3 is 4.74 Å². The first kappa shape index (κ1) is 8.74. The number of fused-ring (bicyclic) bond motifs is 1. The summed E-state index contributed by atoms with van der Waals surface area (Å²) in [5, 5.41) is 1.84. The molecule has 1 aromatic carbocycles. The standard InChI is InChI=1S/C10H10N2O2/c1-14-10(13)12-6-8-4-2-3-5-9(8)11-7-12/h2-6H,7H2,1H3. The van der Waals surface area contributed by atoms with Gasteiger partial charge in [0.1, 0.15) is 6.67 Å². The SMILES string of the molecule is COC(=O)N1C=c2ccccc2=NC1. The van der Waals surface area contributed by atoms with Crippen molar-refractivity contribution in [1.29, 1.82) is 0 Å². The predicted molar refractivity (Wildman–Crippen MR) is 50.8 cm³/mol. The summed E-state index contributed by atoms with van der Waals surface area (Å²) >= 11 is 0. The Hall–Kier alpha value is -1.84.